The Kier molecular flexibility index (Phi) is 6.73. The van der Waals surface area contributed by atoms with E-state index in [2.05, 4.69) is 100 Å². The minimum absolute atomic E-state index is 0.250. The summed E-state index contributed by atoms with van der Waals surface area (Å²) in [5, 5.41) is 0. The van der Waals surface area contributed by atoms with Crippen molar-refractivity contribution in [1.82, 2.24) is 0 Å². The number of rotatable bonds is 2. The van der Waals surface area contributed by atoms with Crippen molar-refractivity contribution in [2.75, 3.05) is 0 Å². The molecule has 0 spiro atoms. The summed E-state index contributed by atoms with van der Waals surface area (Å²) in [6.07, 6.45) is 0. The van der Waals surface area contributed by atoms with E-state index in [1.54, 1.807) is 0 Å². The van der Waals surface area contributed by atoms with Crippen LogP contribution in [0.5, 0.6) is 0 Å². The molecule has 0 amide bonds. The van der Waals surface area contributed by atoms with Gasteiger partial charge < -0.3 is 0 Å². The maximum Gasteiger partial charge on any atom is -0.00806 e. The zero-order chi connectivity index (χ0) is 17.1. The molecule has 0 bridgehead atoms. The van der Waals surface area contributed by atoms with Gasteiger partial charge in [0.15, 0.2) is 0 Å². The van der Waals surface area contributed by atoms with Gasteiger partial charge in [-0.3, -0.25) is 0 Å². The third kappa shape index (κ3) is 7.69. The average molecular weight is 291 g/mol. The second-order valence-electron chi connectivity index (χ2n) is 9.70. The zero-order valence-corrected chi connectivity index (χ0v) is 16.4. The fraction of sp³-hybridized carbons (Fsp3) is 0.714. The second-order valence-corrected chi connectivity index (χ2v) is 9.70. The van der Waals surface area contributed by atoms with Crippen molar-refractivity contribution >= 4 is 0 Å². The second kappa shape index (κ2) is 6.99. The lowest BCUT2D eigenvalue weighted by atomic mass is 9.74. The summed E-state index contributed by atoms with van der Waals surface area (Å²) < 4.78 is 0. The Morgan fingerprint density at radius 1 is 0.619 bits per heavy atom. The molecular weight excluding hydrogens is 252 g/mol. The van der Waals surface area contributed by atoms with E-state index in [4.69, 9.17) is 0 Å². The summed E-state index contributed by atoms with van der Waals surface area (Å²) in [5.74, 6) is 0.660. The summed E-state index contributed by atoms with van der Waals surface area (Å²) >= 11 is 0. The molecular formula is C21H38. The van der Waals surface area contributed by atoms with Crippen LogP contribution < -0.4 is 0 Å². The Morgan fingerprint density at radius 2 is 0.905 bits per heavy atom. The van der Waals surface area contributed by atoms with Crippen LogP contribution in [0.2, 0.25) is 0 Å². The molecule has 122 valence electrons. The van der Waals surface area contributed by atoms with Crippen molar-refractivity contribution in [3.05, 3.63) is 35.4 Å². The van der Waals surface area contributed by atoms with Gasteiger partial charge in [0.1, 0.15) is 0 Å². The highest BCUT2D eigenvalue weighted by Crippen LogP contribution is 2.32. The fourth-order valence-corrected chi connectivity index (χ4v) is 1.73. The number of benzene rings is 1. The van der Waals surface area contributed by atoms with Crippen molar-refractivity contribution < 1.29 is 0 Å². The van der Waals surface area contributed by atoms with Crippen molar-refractivity contribution in [2.45, 2.75) is 87.0 Å². The summed E-state index contributed by atoms with van der Waals surface area (Å²) in [7, 11) is 0. The van der Waals surface area contributed by atoms with E-state index in [1.165, 1.54) is 11.1 Å². The Bertz CT molecular complexity index is 399. The summed E-state index contributed by atoms with van der Waals surface area (Å²) in [6.45, 7) is 24.8. The third-order valence-corrected chi connectivity index (χ3v) is 3.94. The van der Waals surface area contributed by atoms with Crippen LogP contribution in [0.1, 0.15) is 87.3 Å². The quantitative estimate of drug-likeness (QED) is 0.551. The summed E-state index contributed by atoms with van der Waals surface area (Å²) in [6, 6.07) is 9.14. The molecule has 0 unspecified atom stereocenters. The number of hydrogen-bond donors (Lipinski definition) is 0. The molecule has 0 N–H and O–H groups in total. The fourth-order valence-electron chi connectivity index (χ4n) is 1.73. The Balaban J connectivity index is 0.000000690. The highest BCUT2D eigenvalue weighted by molar-refractivity contribution is 5.31. The lowest BCUT2D eigenvalue weighted by Crippen LogP contribution is -2.24. The molecule has 0 atom stereocenters. The van der Waals surface area contributed by atoms with E-state index < -0.39 is 0 Å². The first-order valence-corrected chi connectivity index (χ1v) is 8.26. The van der Waals surface area contributed by atoms with Crippen LogP contribution >= 0.6 is 0 Å². The van der Waals surface area contributed by atoms with Gasteiger partial charge in [0.05, 0.1) is 0 Å². The average Bonchev–Trinajstić information content (AvgIpc) is 2.25. The molecule has 0 aliphatic heterocycles. The molecule has 1 rings (SSSR count). The molecule has 21 heavy (non-hydrogen) atoms. The van der Waals surface area contributed by atoms with Gasteiger partial charge in [-0.2, -0.15) is 0 Å². The minimum atomic E-state index is 0.250. The SMILES string of the molecule is CC(C)(C)C.CC(C)C(C)(C)c1ccc(C(C)(C)C)cc1. The van der Waals surface area contributed by atoms with Gasteiger partial charge in [0, 0.05) is 0 Å². The smallest absolute Gasteiger partial charge is 0.00806 e. The molecule has 0 aromatic heterocycles. The topological polar surface area (TPSA) is 0 Å². The van der Waals surface area contributed by atoms with Crippen LogP contribution in [-0.2, 0) is 10.8 Å². The van der Waals surface area contributed by atoms with E-state index in [0.29, 0.717) is 11.3 Å². The Labute approximate surface area is 134 Å². The largest absolute Gasteiger partial charge is 0.0619 e. The van der Waals surface area contributed by atoms with E-state index in [0.717, 1.165) is 0 Å². The molecule has 0 heteroatoms. The predicted molar refractivity (Wildman–Crippen MR) is 98.1 cm³/mol. The highest BCUT2D eigenvalue weighted by atomic mass is 14.3. The van der Waals surface area contributed by atoms with E-state index in [1.807, 2.05) is 0 Å². The molecule has 1 aromatic carbocycles. The molecule has 0 saturated heterocycles. The van der Waals surface area contributed by atoms with Crippen molar-refractivity contribution in [1.29, 1.82) is 0 Å². The van der Waals surface area contributed by atoms with Gasteiger partial charge in [-0.25, -0.2) is 0 Å². The van der Waals surface area contributed by atoms with Crippen molar-refractivity contribution in [3.63, 3.8) is 0 Å². The van der Waals surface area contributed by atoms with Gasteiger partial charge in [-0.05, 0) is 33.3 Å². The molecule has 0 fully saturated rings. The molecule has 0 saturated carbocycles. The van der Waals surface area contributed by atoms with Gasteiger partial charge >= 0.3 is 0 Å². The van der Waals surface area contributed by atoms with Crippen LogP contribution in [0.3, 0.4) is 0 Å². The van der Waals surface area contributed by atoms with Gasteiger partial charge in [0.25, 0.3) is 0 Å². The van der Waals surface area contributed by atoms with Gasteiger partial charge in [-0.1, -0.05) is 100 Å². The van der Waals surface area contributed by atoms with E-state index in [-0.39, 0.29) is 10.8 Å². The molecule has 0 aliphatic rings. The molecule has 1 aromatic rings. The maximum atomic E-state index is 2.32. The van der Waals surface area contributed by atoms with Gasteiger partial charge in [0.2, 0.25) is 0 Å². The van der Waals surface area contributed by atoms with Crippen LogP contribution in [0.25, 0.3) is 0 Å². The number of hydrogen-bond acceptors (Lipinski definition) is 0. The Hall–Kier alpha value is -0.780. The summed E-state index contributed by atoms with van der Waals surface area (Å²) in [5.41, 5.74) is 3.86. The first-order chi connectivity index (χ1) is 9.15. The monoisotopic (exact) mass is 290 g/mol. The normalized spacial score (nSPS) is 13.0. The standard InChI is InChI=1S/C16H26.C5H12/c1-12(2)16(6,7)14-10-8-13(9-11-14)15(3,4)5;1-5(2,3)4/h8-12H,1-7H3;1-4H3. The van der Waals surface area contributed by atoms with E-state index >= 15 is 0 Å². The highest BCUT2D eigenvalue weighted by Gasteiger charge is 2.25. The third-order valence-electron chi connectivity index (χ3n) is 3.94. The lowest BCUT2D eigenvalue weighted by Gasteiger charge is -2.30. The first-order valence-electron chi connectivity index (χ1n) is 8.26. The van der Waals surface area contributed by atoms with Crippen molar-refractivity contribution in [3.8, 4) is 0 Å². The van der Waals surface area contributed by atoms with Crippen LogP contribution in [0.15, 0.2) is 24.3 Å². The van der Waals surface area contributed by atoms with Crippen LogP contribution in [0, 0.1) is 11.3 Å². The molecule has 0 nitrogen and oxygen atoms in total. The van der Waals surface area contributed by atoms with Crippen LogP contribution in [0.4, 0.5) is 0 Å². The Morgan fingerprint density at radius 3 is 1.14 bits per heavy atom. The van der Waals surface area contributed by atoms with Crippen LogP contribution in [-0.4, -0.2) is 0 Å². The maximum absolute atomic E-state index is 2.32. The first kappa shape index (κ1) is 20.2. The molecule has 0 aliphatic carbocycles. The summed E-state index contributed by atoms with van der Waals surface area (Å²) in [4.78, 5) is 0. The molecule has 0 heterocycles. The van der Waals surface area contributed by atoms with Gasteiger partial charge in [-0.15, -0.1) is 0 Å². The predicted octanol–water partition coefficient (Wildman–Crippen LogP) is 6.97. The lowest BCUT2D eigenvalue weighted by molar-refractivity contribution is 0.372. The van der Waals surface area contributed by atoms with Crippen molar-refractivity contribution in [2.24, 2.45) is 11.3 Å². The minimum Gasteiger partial charge on any atom is -0.0619 e. The van der Waals surface area contributed by atoms with E-state index in [9.17, 15) is 0 Å². The molecule has 0 radical (unpaired) electrons. The zero-order valence-electron chi connectivity index (χ0n) is 16.4.